The molecule has 3 unspecified atom stereocenters. The van der Waals surface area contributed by atoms with Crippen LogP contribution in [0.3, 0.4) is 0 Å². The number of hydrogen-bond acceptors (Lipinski definition) is 3. The van der Waals surface area contributed by atoms with E-state index in [9.17, 15) is 4.79 Å². The van der Waals surface area contributed by atoms with Crippen molar-refractivity contribution in [2.24, 2.45) is 0 Å². The quantitative estimate of drug-likeness (QED) is 0.859. The van der Waals surface area contributed by atoms with E-state index in [1.54, 1.807) is 0 Å². The van der Waals surface area contributed by atoms with Crippen molar-refractivity contribution in [3.8, 4) is 5.75 Å². The summed E-state index contributed by atoms with van der Waals surface area (Å²) in [7, 11) is 0. The lowest BCUT2D eigenvalue weighted by Gasteiger charge is -2.26. The van der Waals surface area contributed by atoms with E-state index in [-0.39, 0.29) is 24.4 Å². The highest BCUT2D eigenvalue weighted by Gasteiger charge is 2.36. The lowest BCUT2D eigenvalue weighted by Crippen LogP contribution is -2.45. The molecule has 0 saturated carbocycles. The van der Waals surface area contributed by atoms with Gasteiger partial charge in [0.25, 0.3) is 5.91 Å². The van der Waals surface area contributed by atoms with Crippen LogP contribution in [0.4, 0.5) is 0 Å². The molecule has 3 aliphatic rings. The number of ether oxygens (including phenoxy) is 1. The van der Waals surface area contributed by atoms with Crippen LogP contribution in [0, 0.1) is 0 Å². The number of hydrogen-bond donors (Lipinski definition) is 1. The maximum absolute atomic E-state index is 12.7. The summed E-state index contributed by atoms with van der Waals surface area (Å²) in [6, 6.07) is 9.06. The number of nitrogens with one attached hydrogen (secondary N) is 1. The van der Waals surface area contributed by atoms with Crippen molar-refractivity contribution in [2.45, 2.75) is 43.9 Å². The Morgan fingerprint density at radius 2 is 2.00 bits per heavy atom. The fourth-order valence-electron chi connectivity index (χ4n) is 3.67. The molecule has 3 heterocycles. The van der Waals surface area contributed by atoms with E-state index < -0.39 is 0 Å². The number of carbonyl (C=O) groups is 1. The van der Waals surface area contributed by atoms with Crippen molar-refractivity contribution in [2.75, 3.05) is 13.1 Å². The lowest BCUT2D eigenvalue weighted by molar-refractivity contribution is -0.138. The Hall–Kier alpha value is -1.26. The second kappa shape index (κ2) is 5.85. The second-order valence-electron chi connectivity index (χ2n) is 6.13. The predicted octanol–water partition coefficient (Wildman–Crippen LogP) is 1.76. The monoisotopic (exact) mass is 308 g/mol. The molecule has 1 aromatic carbocycles. The molecule has 3 atom stereocenters. The lowest BCUT2D eigenvalue weighted by atomic mass is 10.1. The minimum Gasteiger partial charge on any atom is -0.480 e. The van der Waals surface area contributed by atoms with E-state index in [4.69, 9.17) is 4.74 Å². The zero-order valence-corrected chi connectivity index (χ0v) is 12.8. The number of fused-ring (bicyclic) bond motifs is 3. The van der Waals surface area contributed by atoms with Crippen molar-refractivity contribution in [1.82, 2.24) is 10.2 Å². The highest BCUT2D eigenvalue weighted by Crippen LogP contribution is 2.30. The molecule has 5 heteroatoms. The largest absolute Gasteiger partial charge is 0.480 e. The molecule has 2 bridgehead atoms. The molecule has 0 radical (unpaired) electrons. The van der Waals surface area contributed by atoms with Crippen molar-refractivity contribution in [1.29, 1.82) is 0 Å². The fraction of sp³-hybridized carbons (Fsp3) is 0.562. The van der Waals surface area contributed by atoms with E-state index in [1.165, 1.54) is 12.8 Å². The third kappa shape index (κ3) is 2.74. The molecule has 0 aromatic heterocycles. The Balaban J connectivity index is 0.00000132. The van der Waals surface area contributed by atoms with Crippen LogP contribution in [-0.2, 0) is 11.2 Å². The van der Waals surface area contributed by atoms with Crippen LogP contribution < -0.4 is 10.1 Å². The number of nitrogens with zero attached hydrogens (tertiary/aromatic N) is 1. The smallest absolute Gasteiger partial charge is 0.264 e. The Morgan fingerprint density at radius 3 is 2.86 bits per heavy atom. The minimum absolute atomic E-state index is 0. The first-order chi connectivity index (χ1) is 9.79. The molecule has 2 fully saturated rings. The molecule has 2 saturated heterocycles. The Labute approximate surface area is 131 Å². The molecule has 0 aliphatic carbocycles. The SMILES string of the molecule is Cl.O=C(C1Cc2ccccc2O1)N1CCC2CCC(C1)N2. The number of rotatable bonds is 1. The summed E-state index contributed by atoms with van der Waals surface area (Å²) in [5, 5.41) is 3.61. The molecule has 1 aromatic rings. The first-order valence-electron chi connectivity index (χ1n) is 7.59. The van der Waals surface area contributed by atoms with Gasteiger partial charge in [-0.1, -0.05) is 18.2 Å². The van der Waals surface area contributed by atoms with Gasteiger partial charge < -0.3 is 15.0 Å². The van der Waals surface area contributed by atoms with E-state index in [0.29, 0.717) is 18.5 Å². The summed E-state index contributed by atoms with van der Waals surface area (Å²) in [6.45, 7) is 1.70. The molecule has 0 spiro atoms. The molecule has 1 amide bonds. The minimum atomic E-state index is -0.316. The zero-order chi connectivity index (χ0) is 13.5. The maximum atomic E-state index is 12.7. The molecule has 1 N–H and O–H groups in total. The van der Waals surface area contributed by atoms with Crippen molar-refractivity contribution in [3.05, 3.63) is 29.8 Å². The fourth-order valence-corrected chi connectivity index (χ4v) is 3.67. The molecular weight excluding hydrogens is 288 g/mol. The van der Waals surface area contributed by atoms with Crippen LogP contribution in [0.15, 0.2) is 24.3 Å². The summed E-state index contributed by atoms with van der Waals surface area (Å²) < 4.78 is 5.83. The van der Waals surface area contributed by atoms with Gasteiger partial charge in [-0.2, -0.15) is 0 Å². The van der Waals surface area contributed by atoms with Gasteiger partial charge in [0.1, 0.15) is 5.75 Å². The number of benzene rings is 1. The summed E-state index contributed by atoms with van der Waals surface area (Å²) >= 11 is 0. The highest BCUT2D eigenvalue weighted by atomic mass is 35.5. The first kappa shape index (κ1) is 14.7. The van der Waals surface area contributed by atoms with Crippen molar-refractivity contribution < 1.29 is 9.53 Å². The number of halogens is 1. The van der Waals surface area contributed by atoms with Crippen LogP contribution in [0.1, 0.15) is 24.8 Å². The van der Waals surface area contributed by atoms with Crippen LogP contribution >= 0.6 is 12.4 Å². The van der Waals surface area contributed by atoms with Gasteiger partial charge in [-0.15, -0.1) is 12.4 Å². The topological polar surface area (TPSA) is 41.6 Å². The molecule has 114 valence electrons. The molecule has 4 nitrogen and oxygen atoms in total. The Morgan fingerprint density at radius 1 is 1.19 bits per heavy atom. The van der Waals surface area contributed by atoms with Gasteiger partial charge in [0.05, 0.1) is 0 Å². The third-order valence-electron chi connectivity index (χ3n) is 4.76. The van der Waals surface area contributed by atoms with Crippen LogP contribution in [0.5, 0.6) is 5.75 Å². The summed E-state index contributed by atoms with van der Waals surface area (Å²) in [6.07, 6.45) is 3.93. The molecule has 4 rings (SSSR count). The van der Waals surface area contributed by atoms with Crippen LogP contribution in [-0.4, -0.2) is 42.1 Å². The standard InChI is InChI=1S/C16H20N2O2.ClH/c19-16(15-9-11-3-1-2-4-14(11)20-15)18-8-7-12-5-6-13(10-18)17-12;/h1-4,12-13,15,17H,5-10H2;1H. The molecular formula is C16H21ClN2O2. The average molecular weight is 309 g/mol. The summed E-state index contributed by atoms with van der Waals surface area (Å²) in [5.74, 6) is 1.04. The van der Waals surface area contributed by atoms with E-state index in [2.05, 4.69) is 11.4 Å². The van der Waals surface area contributed by atoms with Crippen molar-refractivity contribution >= 4 is 18.3 Å². The van der Waals surface area contributed by atoms with Gasteiger partial charge in [-0.25, -0.2) is 0 Å². The van der Waals surface area contributed by atoms with Gasteiger partial charge in [-0.05, 0) is 30.9 Å². The number of carbonyl (C=O) groups excluding carboxylic acids is 1. The number of amides is 1. The Bertz CT molecular complexity index is 512. The maximum Gasteiger partial charge on any atom is 0.264 e. The first-order valence-corrected chi connectivity index (χ1v) is 7.59. The normalized spacial score (nSPS) is 30.1. The summed E-state index contributed by atoms with van der Waals surface area (Å²) in [5.41, 5.74) is 1.15. The van der Waals surface area contributed by atoms with E-state index in [0.717, 1.165) is 30.8 Å². The molecule has 21 heavy (non-hydrogen) atoms. The highest BCUT2D eigenvalue weighted by molar-refractivity contribution is 5.85. The van der Waals surface area contributed by atoms with E-state index in [1.807, 2.05) is 23.1 Å². The van der Waals surface area contributed by atoms with Crippen molar-refractivity contribution in [3.63, 3.8) is 0 Å². The van der Waals surface area contributed by atoms with Gasteiger partial charge >= 0.3 is 0 Å². The summed E-state index contributed by atoms with van der Waals surface area (Å²) in [4.78, 5) is 14.7. The third-order valence-corrected chi connectivity index (χ3v) is 4.76. The van der Waals surface area contributed by atoms with Crippen LogP contribution in [0.2, 0.25) is 0 Å². The average Bonchev–Trinajstić information content (AvgIpc) is 3.01. The zero-order valence-electron chi connectivity index (χ0n) is 12.0. The predicted molar refractivity (Wildman–Crippen MR) is 83.0 cm³/mol. The van der Waals surface area contributed by atoms with E-state index >= 15 is 0 Å². The van der Waals surface area contributed by atoms with Gasteiger partial charge in [0, 0.05) is 31.6 Å². The van der Waals surface area contributed by atoms with Crippen LogP contribution in [0.25, 0.3) is 0 Å². The van der Waals surface area contributed by atoms with Gasteiger partial charge in [0.2, 0.25) is 0 Å². The number of para-hydroxylation sites is 1. The second-order valence-corrected chi connectivity index (χ2v) is 6.13. The molecule has 3 aliphatic heterocycles. The van der Waals surface area contributed by atoms with Gasteiger partial charge in [-0.3, -0.25) is 4.79 Å². The van der Waals surface area contributed by atoms with Gasteiger partial charge in [0.15, 0.2) is 6.10 Å². The Kier molecular flexibility index (Phi) is 4.09. The number of likely N-dealkylation sites (tertiary alicyclic amines) is 1.